The fourth-order valence-corrected chi connectivity index (χ4v) is 2.79. The average Bonchev–Trinajstić information content (AvgIpc) is 2.62. The Morgan fingerprint density at radius 3 is 2.44 bits per heavy atom. The van der Waals surface area contributed by atoms with E-state index in [4.69, 9.17) is 9.47 Å². The summed E-state index contributed by atoms with van der Waals surface area (Å²) in [6.45, 7) is 6.31. The van der Waals surface area contributed by atoms with E-state index in [-0.39, 0.29) is 31.5 Å². The van der Waals surface area contributed by atoms with Crippen LogP contribution in [0.5, 0.6) is 0 Å². The van der Waals surface area contributed by atoms with Crippen molar-refractivity contribution >= 4 is 34.7 Å². The summed E-state index contributed by atoms with van der Waals surface area (Å²) in [7, 11) is 0. The van der Waals surface area contributed by atoms with E-state index in [1.54, 1.807) is 25.7 Å². The zero-order valence-electron chi connectivity index (χ0n) is 16.5. The van der Waals surface area contributed by atoms with Crippen LogP contribution in [0.3, 0.4) is 0 Å². The molecule has 0 saturated carbocycles. The molecule has 0 unspecified atom stereocenters. The van der Waals surface area contributed by atoms with Gasteiger partial charge in [-0.1, -0.05) is 52.9 Å². The van der Waals surface area contributed by atoms with Gasteiger partial charge < -0.3 is 19.5 Å². The molecule has 2 rings (SSSR count). The van der Waals surface area contributed by atoms with Crippen molar-refractivity contribution in [2.24, 2.45) is 5.92 Å². The second kappa shape index (κ2) is 11.5. The highest BCUT2D eigenvalue weighted by Gasteiger charge is 2.33. The molecule has 1 saturated heterocycles. The molecular weight excluding hydrogens is 461 g/mol. The lowest BCUT2D eigenvalue weighted by molar-refractivity contribution is -0.157. The highest BCUT2D eigenvalue weighted by molar-refractivity contribution is 14.1. The minimum Gasteiger partial charge on any atom is -0.460 e. The van der Waals surface area contributed by atoms with Gasteiger partial charge in [-0.05, 0) is 37.7 Å². The molecule has 0 spiro atoms. The van der Waals surface area contributed by atoms with Gasteiger partial charge >= 0.3 is 12.1 Å². The maximum atomic E-state index is 12.2. The number of likely N-dealkylation sites (tertiary alicyclic amines) is 1. The van der Waals surface area contributed by atoms with Crippen molar-refractivity contribution in [1.82, 2.24) is 4.90 Å². The van der Waals surface area contributed by atoms with Gasteiger partial charge in [0, 0.05) is 19.0 Å². The van der Waals surface area contributed by atoms with Gasteiger partial charge in [0.05, 0.1) is 12.5 Å². The summed E-state index contributed by atoms with van der Waals surface area (Å²) >= 11 is 2.15. The molecule has 0 aliphatic carbocycles. The minimum atomic E-state index is -0.620. The van der Waals surface area contributed by atoms with Gasteiger partial charge in [0.25, 0.3) is 0 Å². The van der Waals surface area contributed by atoms with Crippen molar-refractivity contribution < 1.29 is 24.2 Å². The Bertz CT molecular complexity index is 588. The molecule has 0 aromatic heterocycles. The van der Waals surface area contributed by atoms with E-state index < -0.39 is 17.8 Å². The predicted molar refractivity (Wildman–Crippen MR) is 113 cm³/mol. The van der Waals surface area contributed by atoms with E-state index in [1.807, 2.05) is 35.3 Å². The first kappa shape index (κ1) is 23.7. The third-order valence-electron chi connectivity index (χ3n) is 4.01. The molecular formula is C20H30INO5. The third kappa shape index (κ3) is 8.92. The molecule has 1 aliphatic heterocycles. The maximum absolute atomic E-state index is 12.2. The molecule has 6 nitrogen and oxygen atoms in total. The largest absolute Gasteiger partial charge is 0.460 e. The standard InChI is InChI=1S/C19H27NO5.CH3I/c1-19(2,3)25-17(22)11-15-12-20(10-9-16(15)21)18(23)24-13-14-7-5-4-6-8-14;1-2/h4-8,15-16,21H,9-13H2,1-3H3;1H3/t15-,16-;/m0./s1. The van der Waals surface area contributed by atoms with Gasteiger partial charge in [-0.2, -0.15) is 0 Å². The molecule has 27 heavy (non-hydrogen) atoms. The Hall–Kier alpha value is -1.35. The first-order chi connectivity index (χ1) is 12.7. The number of aliphatic hydroxyl groups excluding tert-OH is 1. The van der Waals surface area contributed by atoms with Crippen molar-refractivity contribution in [3.8, 4) is 0 Å². The van der Waals surface area contributed by atoms with Crippen LogP contribution < -0.4 is 0 Å². The van der Waals surface area contributed by atoms with Crippen LogP contribution in [0.1, 0.15) is 39.2 Å². The zero-order valence-corrected chi connectivity index (χ0v) is 18.6. The molecule has 1 heterocycles. The molecule has 1 aromatic rings. The van der Waals surface area contributed by atoms with Gasteiger partial charge in [0.15, 0.2) is 0 Å². The second-order valence-corrected chi connectivity index (χ2v) is 7.39. The van der Waals surface area contributed by atoms with Crippen molar-refractivity contribution in [2.45, 2.75) is 51.9 Å². The molecule has 1 aromatic carbocycles. The summed E-state index contributed by atoms with van der Waals surface area (Å²) in [4.78, 5) is 27.8. The fraction of sp³-hybridized carbons (Fsp3) is 0.600. The highest BCUT2D eigenvalue weighted by atomic mass is 127. The van der Waals surface area contributed by atoms with Crippen LogP contribution in [-0.4, -0.2) is 51.8 Å². The van der Waals surface area contributed by atoms with E-state index in [1.165, 1.54) is 0 Å². The lowest BCUT2D eigenvalue weighted by Gasteiger charge is -2.35. The Balaban J connectivity index is 0.00000176. The number of carbonyl (C=O) groups is 2. The molecule has 7 heteroatoms. The molecule has 1 N–H and O–H groups in total. The van der Waals surface area contributed by atoms with Gasteiger partial charge in [0.1, 0.15) is 12.2 Å². The number of nitrogens with zero attached hydrogens (tertiary/aromatic N) is 1. The van der Waals surface area contributed by atoms with Crippen LogP contribution in [0.15, 0.2) is 30.3 Å². The number of halogens is 1. The second-order valence-electron chi connectivity index (χ2n) is 7.39. The Morgan fingerprint density at radius 1 is 1.22 bits per heavy atom. The predicted octanol–water partition coefficient (Wildman–Crippen LogP) is 3.79. The minimum absolute atomic E-state index is 0.0842. The summed E-state index contributed by atoms with van der Waals surface area (Å²) in [6.07, 6.45) is -0.537. The number of aliphatic hydroxyl groups is 1. The number of rotatable bonds is 4. The maximum Gasteiger partial charge on any atom is 0.410 e. The van der Waals surface area contributed by atoms with Crippen LogP contribution in [0, 0.1) is 5.92 Å². The third-order valence-corrected chi connectivity index (χ3v) is 4.01. The lowest BCUT2D eigenvalue weighted by Crippen LogP contribution is -2.47. The Kier molecular flexibility index (Phi) is 10.1. The molecule has 1 fully saturated rings. The highest BCUT2D eigenvalue weighted by Crippen LogP contribution is 2.23. The number of hydrogen-bond donors (Lipinski definition) is 1. The molecule has 0 bridgehead atoms. The number of ether oxygens (including phenoxy) is 2. The van der Waals surface area contributed by atoms with Crippen LogP contribution in [0.4, 0.5) is 4.79 Å². The summed E-state index contributed by atoms with van der Waals surface area (Å²) < 4.78 is 10.6. The van der Waals surface area contributed by atoms with E-state index in [9.17, 15) is 14.7 Å². The summed E-state index contributed by atoms with van der Waals surface area (Å²) in [5.41, 5.74) is 0.351. The van der Waals surface area contributed by atoms with Crippen molar-refractivity contribution in [2.75, 3.05) is 18.0 Å². The monoisotopic (exact) mass is 491 g/mol. The summed E-state index contributed by atoms with van der Waals surface area (Å²) in [5, 5.41) is 10.1. The van der Waals surface area contributed by atoms with Crippen LogP contribution in [0.25, 0.3) is 0 Å². The van der Waals surface area contributed by atoms with E-state index in [0.29, 0.717) is 13.0 Å². The van der Waals surface area contributed by atoms with Gasteiger partial charge in [-0.15, -0.1) is 0 Å². The molecule has 152 valence electrons. The van der Waals surface area contributed by atoms with E-state index in [0.717, 1.165) is 5.56 Å². The number of alkyl halides is 1. The summed E-state index contributed by atoms with van der Waals surface area (Å²) in [5.74, 6) is -0.705. The number of amides is 1. The Morgan fingerprint density at radius 2 is 1.85 bits per heavy atom. The van der Waals surface area contributed by atoms with Gasteiger partial charge in [-0.25, -0.2) is 4.79 Å². The van der Waals surface area contributed by atoms with Crippen LogP contribution in [-0.2, 0) is 20.9 Å². The lowest BCUT2D eigenvalue weighted by atomic mass is 9.92. The topological polar surface area (TPSA) is 76.1 Å². The summed E-state index contributed by atoms with van der Waals surface area (Å²) in [6, 6.07) is 9.45. The molecule has 0 radical (unpaired) electrons. The SMILES string of the molecule is CC(C)(C)OC(=O)C[C@H]1CN(C(=O)OCc2ccccc2)CC[C@@H]1O.CI. The smallest absolute Gasteiger partial charge is 0.410 e. The first-order valence-corrected chi connectivity index (χ1v) is 11.1. The fourth-order valence-electron chi connectivity index (χ4n) is 2.79. The quantitative estimate of drug-likeness (QED) is 0.394. The van der Waals surface area contributed by atoms with Gasteiger partial charge in [0.2, 0.25) is 0 Å². The zero-order chi connectivity index (χ0) is 20.4. The van der Waals surface area contributed by atoms with Crippen molar-refractivity contribution in [3.05, 3.63) is 35.9 Å². The molecule has 1 aliphatic rings. The molecule has 1 amide bonds. The van der Waals surface area contributed by atoms with Crippen LogP contribution >= 0.6 is 22.6 Å². The number of esters is 1. The van der Waals surface area contributed by atoms with Crippen molar-refractivity contribution in [3.63, 3.8) is 0 Å². The number of carbonyl (C=O) groups excluding carboxylic acids is 2. The average molecular weight is 491 g/mol. The number of hydrogen-bond acceptors (Lipinski definition) is 5. The van der Waals surface area contributed by atoms with E-state index >= 15 is 0 Å². The Labute approximate surface area is 175 Å². The van der Waals surface area contributed by atoms with Gasteiger partial charge in [-0.3, -0.25) is 4.79 Å². The number of benzene rings is 1. The van der Waals surface area contributed by atoms with Crippen LogP contribution in [0.2, 0.25) is 0 Å². The first-order valence-electron chi connectivity index (χ1n) is 8.98. The van der Waals surface area contributed by atoms with Crippen molar-refractivity contribution in [1.29, 1.82) is 0 Å². The normalized spacial score (nSPS) is 19.6. The number of piperidine rings is 1. The molecule has 2 atom stereocenters. The van der Waals surface area contributed by atoms with E-state index in [2.05, 4.69) is 22.6 Å².